The molecule has 0 aromatic heterocycles. The molecule has 0 heterocycles. The molecule has 0 aliphatic rings. The van der Waals surface area contributed by atoms with Crippen LogP contribution in [0, 0.1) is 0 Å². The number of rotatable bonds is 19. The molecule has 0 bridgehead atoms. The number of aliphatic hydroxyl groups is 1. The Hall–Kier alpha value is -1.35. The van der Waals surface area contributed by atoms with Gasteiger partial charge in [-0.15, -0.1) is 0 Å². The van der Waals surface area contributed by atoms with E-state index in [1.807, 2.05) is 18.2 Å². The Balaban J connectivity index is 1.92. The zero-order valence-electron chi connectivity index (χ0n) is 18.8. The normalized spacial score (nSPS) is 12.1. The molecule has 1 aromatic rings. The number of hydrogen-bond acceptors (Lipinski definition) is 2. The number of carbonyl (C=O) groups excluding carboxylic acids is 1. The topological polar surface area (TPSA) is 49.3 Å². The number of amides is 1. The number of nitrogens with one attached hydrogen (secondary N) is 1. The number of carbonyl (C=O) groups is 1. The summed E-state index contributed by atoms with van der Waals surface area (Å²) in [6.45, 7) is 2.28. The van der Waals surface area contributed by atoms with E-state index in [0.29, 0.717) is 6.42 Å². The van der Waals surface area contributed by atoms with Gasteiger partial charge in [0.15, 0.2) is 0 Å². The first-order valence-electron chi connectivity index (χ1n) is 12.2. The fourth-order valence-corrected chi connectivity index (χ4v) is 3.80. The van der Waals surface area contributed by atoms with Gasteiger partial charge >= 0.3 is 0 Å². The summed E-state index contributed by atoms with van der Waals surface area (Å²) in [7, 11) is 0. The monoisotopic (exact) mass is 403 g/mol. The van der Waals surface area contributed by atoms with Gasteiger partial charge in [0.2, 0.25) is 5.91 Å². The molecule has 29 heavy (non-hydrogen) atoms. The molecule has 0 aliphatic carbocycles. The summed E-state index contributed by atoms with van der Waals surface area (Å²) >= 11 is 0. The highest BCUT2D eigenvalue weighted by molar-refractivity contribution is 5.76. The maximum absolute atomic E-state index is 12.1. The summed E-state index contributed by atoms with van der Waals surface area (Å²) in [5, 5.41) is 12.5. The van der Waals surface area contributed by atoms with Crippen LogP contribution >= 0.6 is 0 Å². The lowest BCUT2D eigenvalue weighted by Gasteiger charge is -2.16. The van der Waals surface area contributed by atoms with Crippen LogP contribution in [0.15, 0.2) is 30.3 Å². The molecule has 1 rings (SSSR count). The van der Waals surface area contributed by atoms with Gasteiger partial charge in [0.05, 0.1) is 12.6 Å². The minimum absolute atomic E-state index is 0.0111. The Bertz CT molecular complexity index is 489. The van der Waals surface area contributed by atoms with Gasteiger partial charge in [-0.05, 0) is 24.8 Å². The minimum atomic E-state index is -0.135. The van der Waals surface area contributed by atoms with E-state index in [0.717, 1.165) is 25.7 Å². The zero-order chi connectivity index (χ0) is 21.0. The second-order valence-electron chi connectivity index (χ2n) is 8.46. The molecule has 2 N–H and O–H groups in total. The molecule has 1 aromatic carbocycles. The molecular formula is C26H45NO2. The lowest BCUT2D eigenvalue weighted by atomic mass is 10.0. The molecule has 166 valence electrons. The lowest BCUT2D eigenvalue weighted by molar-refractivity contribution is -0.122. The molecule has 0 saturated carbocycles. The molecule has 3 heteroatoms. The number of aryl methyl sites for hydroxylation is 1. The maximum Gasteiger partial charge on any atom is 0.220 e. The van der Waals surface area contributed by atoms with Crippen molar-refractivity contribution in [2.24, 2.45) is 0 Å². The molecule has 0 fully saturated rings. The molecule has 0 saturated heterocycles. The van der Waals surface area contributed by atoms with E-state index >= 15 is 0 Å². The van der Waals surface area contributed by atoms with Crippen molar-refractivity contribution in [1.29, 1.82) is 0 Å². The third-order valence-corrected chi connectivity index (χ3v) is 5.72. The Kier molecular flexibility index (Phi) is 16.5. The van der Waals surface area contributed by atoms with E-state index in [4.69, 9.17) is 0 Å². The van der Waals surface area contributed by atoms with Crippen LogP contribution in [0.3, 0.4) is 0 Å². The van der Waals surface area contributed by atoms with Gasteiger partial charge in [-0.1, -0.05) is 114 Å². The highest BCUT2D eigenvalue weighted by Crippen LogP contribution is 2.13. The van der Waals surface area contributed by atoms with Crippen LogP contribution in [0.4, 0.5) is 0 Å². The van der Waals surface area contributed by atoms with Gasteiger partial charge in [-0.3, -0.25) is 4.79 Å². The number of unbranched alkanes of at least 4 members (excludes halogenated alkanes) is 12. The average molecular weight is 404 g/mol. The molecule has 0 radical (unpaired) electrons. The van der Waals surface area contributed by atoms with Crippen LogP contribution in [0.25, 0.3) is 0 Å². The van der Waals surface area contributed by atoms with Gasteiger partial charge in [-0.2, -0.15) is 0 Å². The summed E-state index contributed by atoms with van der Waals surface area (Å²) in [6.07, 6.45) is 19.3. The van der Waals surface area contributed by atoms with E-state index in [9.17, 15) is 9.90 Å². The van der Waals surface area contributed by atoms with Crippen LogP contribution in [0.5, 0.6) is 0 Å². The quantitative estimate of drug-likeness (QED) is 0.256. The summed E-state index contributed by atoms with van der Waals surface area (Å²) in [5.74, 6) is 0.0835. The summed E-state index contributed by atoms with van der Waals surface area (Å²) in [4.78, 5) is 12.1. The molecular weight excluding hydrogens is 358 g/mol. The summed E-state index contributed by atoms with van der Waals surface area (Å²) in [6, 6.07) is 10.1. The predicted octanol–water partition coefficient (Wildman–Crippen LogP) is 6.58. The summed E-state index contributed by atoms with van der Waals surface area (Å²) < 4.78 is 0. The van der Waals surface area contributed by atoms with Crippen LogP contribution in [0.1, 0.15) is 109 Å². The van der Waals surface area contributed by atoms with Crippen molar-refractivity contribution >= 4 is 5.91 Å². The van der Waals surface area contributed by atoms with Gasteiger partial charge in [0.1, 0.15) is 0 Å². The van der Waals surface area contributed by atoms with Crippen LogP contribution in [0.2, 0.25) is 0 Å². The van der Waals surface area contributed by atoms with Gasteiger partial charge in [0, 0.05) is 6.42 Å². The third kappa shape index (κ3) is 15.2. The third-order valence-electron chi connectivity index (χ3n) is 5.72. The molecule has 1 atom stereocenters. The van der Waals surface area contributed by atoms with Crippen molar-refractivity contribution < 1.29 is 9.90 Å². The smallest absolute Gasteiger partial charge is 0.220 e. The molecule has 3 nitrogen and oxygen atoms in total. The first kappa shape index (κ1) is 25.7. The molecule has 0 unspecified atom stereocenters. The highest BCUT2D eigenvalue weighted by Gasteiger charge is 2.11. The Morgan fingerprint density at radius 1 is 0.828 bits per heavy atom. The van der Waals surface area contributed by atoms with Gasteiger partial charge in [0.25, 0.3) is 0 Å². The maximum atomic E-state index is 12.1. The van der Waals surface area contributed by atoms with Crippen molar-refractivity contribution in [2.75, 3.05) is 6.61 Å². The predicted molar refractivity (Wildman–Crippen MR) is 124 cm³/mol. The van der Waals surface area contributed by atoms with E-state index in [-0.39, 0.29) is 18.6 Å². The van der Waals surface area contributed by atoms with Crippen LogP contribution < -0.4 is 5.32 Å². The number of benzene rings is 1. The standard InChI is InChI=1S/C26H45NO2/c1-2-3-4-5-6-7-8-9-10-11-12-13-17-20-26(29)27-25(23-28)22-21-24-18-15-14-16-19-24/h14-16,18-19,25,28H,2-13,17,20-23H2,1H3,(H,27,29)/t25-/m1/s1. The van der Waals surface area contributed by atoms with Crippen LogP contribution in [-0.4, -0.2) is 23.7 Å². The van der Waals surface area contributed by atoms with Crippen molar-refractivity contribution in [3.05, 3.63) is 35.9 Å². The number of aliphatic hydroxyl groups excluding tert-OH is 1. The lowest BCUT2D eigenvalue weighted by Crippen LogP contribution is -2.37. The SMILES string of the molecule is CCCCCCCCCCCCCCCC(=O)N[C@@H](CO)CCc1ccccc1. The van der Waals surface area contributed by atoms with E-state index in [1.54, 1.807) is 0 Å². The second kappa shape index (κ2) is 18.7. The fourth-order valence-electron chi connectivity index (χ4n) is 3.80. The van der Waals surface area contributed by atoms with E-state index < -0.39 is 0 Å². The van der Waals surface area contributed by atoms with E-state index in [2.05, 4.69) is 24.4 Å². The molecule has 0 aliphatic heterocycles. The average Bonchev–Trinajstić information content (AvgIpc) is 2.75. The van der Waals surface area contributed by atoms with E-state index in [1.165, 1.54) is 76.2 Å². The van der Waals surface area contributed by atoms with Crippen molar-refractivity contribution in [3.63, 3.8) is 0 Å². The van der Waals surface area contributed by atoms with Crippen LogP contribution in [-0.2, 0) is 11.2 Å². The van der Waals surface area contributed by atoms with Crippen molar-refractivity contribution in [1.82, 2.24) is 5.32 Å². The molecule has 1 amide bonds. The Morgan fingerprint density at radius 3 is 1.86 bits per heavy atom. The Labute approximate surface area is 179 Å². The summed E-state index contributed by atoms with van der Waals surface area (Å²) in [5.41, 5.74) is 1.25. The largest absolute Gasteiger partial charge is 0.394 e. The first-order chi connectivity index (χ1) is 14.3. The van der Waals surface area contributed by atoms with Gasteiger partial charge < -0.3 is 10.4 Å². The van der Waals surface area contributed by atoms with Crippen molar-refractivity contribution in [2.45, 2.75) is 116 Å². The fraction of sp³-hybridized carbons (Fsp3) is 0.731. The second-order valence-corrected chi connectivity index (χ2v) is 8.46. The zero-order valence-corrected chi connectivity index (χ0v) is 18.8. The first-order valence-corrected chi connectivity index (χ1v) is 12.2. The number of hydrogen-bond donors (Lipinski definition) is 2. The Morgan fingerprint density at radius 2 is 1.34 bits per heavy atom. The minimum Gasteiger partial charge on any atom is -0.394 e. The highest BCUT2D eigenvalue weighted by atomic mass is 16.3. The van der Waals surface area contributed by atoms with Crippen molar-refractivity contribution in [3.8, 4) is 0 Å². The molecule has 0 spiro atoms. The van der Waals surface area contributed by atoms with Gasteiger partial charge in [-0.25, -0.2) is 0 Å².